The maximum absolute atomic E-state index is 12.1. The normalized spacial score (nSPS) is 10.9. The summed E-state index contributed by atoms with van der Waals surface area (Å²) in [5.41, 5.74) is 4.27. The number of thioether (sulfide) groups is 1. The van der Waals surface area contributed by atoms with Gasteiger partial charge in [0.15, 0.2) is 0 Å². The fourth-order valence-electron chi connectivity index (χ4n) is 2.06. The molecule has 28 heavy (non-hydrogen) atoms. The van der Waals surface area contributed by atoms with Gasteiger partial charge in [0.05, 0.1) is 12.0 Å². The average Bonchev–Trinajstić information content (AvgIpc) is 3.02. The van der Waals surface area contributed by atoms with Crippen LogP contribution in [0.25, 0.3) is 0 Å². The largest absolute Gasteiger partial charge is 0.334 e. The summed E-state index contributed by atoms with van der Waals surface area (Å²) in [4.78, 5) is 12.1. The van der Waals surface area contributed by atoms with Crippen molar-refractivity contribution in [1.29, 1.82) is 0 Å². The number of carbonyl (C=O) groups excluding carboxylic acids is 1. The predicted octanol–water partition coefficient (Wildman–Crippen LogP) is 3.58. The molecule has 2 aromatic carbocycles. The highest BCUT2D eigenvalue weighted by molar-refractivity contribution is 9.10. The van der Waals surface area contributed by atoms with Gasteiger partial charge in [0, 0.05) is 15.2 Å². The van der Waals surface area contributed by atoms with Crippen molar-refractivity contribution in [2.75, 3.05) is 22.3 Å². The van der Waals surface area contributed by atoms with Crippen molar-refractivity contribution in [3.8, 4) is 0 Å². The molecule has 0 bridgehead atoms. The van der Waals surface area contributed by atoms with Gasteiger partial charge in [0.1, 0.15) is 0 Å². The van der Waals surface area contributed by atoms with Gasteiger partial charge in [0.2, 0.25) is 11.1 Å². The van der Waals surface area contributed by atoms with Crippen LogP contribution < -0.4 is 16.6 Å². The van der Waals surface area contributed by atoms with E-state index in [1.165, 1.54) is 4.68 Å². The lowest BCUT2D eigenvalue weighted by Gasteiger charge is -2.05. The Bertz CT molecular complexity index is 993. The highest BCUT2D eigenvalue weighted by atomic mass is 79.9. The lowest BCUT2D eigenvalue weighted by molar-refractivity contribution is -0.113. The molecule has 3 aromatic rings. The number of nitrogens with zero attached hydrogens (tertiary/aromatic N) is 4. The van der Waals surface area contributed by atoms with Crippen molar-refractivity contribution in [3.63, 3.8) is 0 Å². The number of hydrogen-bond acceptors (Lipinski definition) is 7. The van der Waals surface area contributed by atoms with E-state index < -0.39 is 0 Å². The van der Waals surface area contributed by atoms with Crippen molar-refractivity contribution in [2.24, 2.45) is 5.10 Å². The quantitative estimate of drug-likeness (QED) is 0.206. The molecule has 1 amide bonds. The molecule has 0 aliphatic carbocycles. The molecule has 1 heterocycles. The molecular weight excluding hydrogens is 466 g/mol. The lowest BCUT2D eigenvalue weighted by Crippen LogP contribution is -2.16. The molecule has 0 atom stereocenters. The van der Waals surface area contributed by atoms with Gasteiger partial charge in [-0.1, -0.05) is 57.5 Å². The van der Waals surface area contributed by atoms with Gasteiger partial charge >= 0.3 is 0 Å². The number of aromatic nitrogens is 3. The van der Waals surface area contributed by atoms with E-state index in [9.17, 15) is 4.79 Å². The molecule has 3 rings (SSSR count). The Morgan fingerprint density at radius 3 is 2.82 bits per heavy atom. The minimum absolute atomic E-state index is 0.135. The second-order valence-electron chi connectivity index (χ2n) is 5.44. The number of anilines is 2. The molecule has 0 unspecified atom stereocenters. The molecular formula is C17H15BrClN7OS. The van der Waals surface area contributed by atoms with Crippen molar-refractivity contribution in [2.45, 2.75) is 5.16 Å². The van der Waals surface area contributed by atoms with Crippen molar-refractivity contribution >= 4 is 63.1 Å². The summed E-state index contributed by atoms with van der Waals surface area (Å²) in [6, 6.07) is 14.5. The number of rotatable bonds is 7. The number of nitrogen functional groups attached to an aromatic ring is 1. The monoisotopic (exact) mass is 479 g/mol. The minimum atomic E-state index is -0.179. The van der Waals surface area contributed by atoms with Crippen LogP contribution in [0.3, 0.4) is 0 Å². The number of amides is 1. The van der Waals surface area contributed by atoms with Gasteiger partial charge in [-0.15, -0.1) is 10.2 Å². The Balaban J connectivity index is 1.52. The van der Waals surface area contributed by atoms with Crippen LogP contribution >= 0.6 is 39.3 Å². The Morgan fingerprint density at radius 2 is 2.07 bits per heavy atom. The first-order valence-electron chi connectivity index (χ1n) is 7.94. The maximum Gasteiger partial charge on any atom is 0.264 e. The van der Waals surface area contributed by atoms with E-state index in [0.717, 1.165) is 21.8 Å². The first-order chi connectivity index (χ1) is 13.5. The zero-order valence-corrected chi connectivity index (χ0v) is 17.5. The van der Waals surface area contributed by atoms with Crippen LogP contribution in [0.2, 0.25) is 5.02 Å². The van der Waals surface area contributed by atoms with Gasteiger partial charge < -0.3 is 11.2 Å². The number of halogens is 2. The minimum Gasteiger partial charge on any atom is -0.334 e. The third kappa shape index (κ3) is 5.72. The van der Waals surface area contributed by atoms with Gasteiger partial charge in [-0.2, -0.15) is 5.10 Å². The van der Waals surface area contributed by atoms with Crippen LogP contribution in [0, 0.1) is 0 Å². The summed E-state index contributed by atoms with van der Waals surface area (Å²) >= 11 is 10.4. The second-order valence-corrected chi connectivity index (χ2v) is 7.74. The topological polar surface area (TPSA) is 110 Å². The molecule has 0 radical (unpaired) electrons. The molecule has 0 spiro atoms. The number of carbonyl (C=O) groups is 1. The molecule has 0 saturated heterocycles. The van der Waals surface area contributed by atoms with E-state index in [1.54, 1.807) is 24.4 Å². The molecule has 0 saturated carbocycles. The van der Waals surface area contributed by atoms with E-state index in [0.29, 0.717) is 15.9 Å². The number of nitrogens with two attached hydrogens (primary N) is 1. The molecule has 11 heteroatoms. The van der Waals surface area contributed by atoms with E-state index in [2.05, 4.69) is 42.0 Å². The van der Waals surface area contributed by atoms with Crippen LogP contribution in [0.15, 0.2) is 63.3 Å². The van der Waals surface area contributed by atoms with Gasteiger partial charge in [0.25, 0.3) is 5.95 Å². The van der Waals surface area contributed by atoms with Gasteiger partial charge in [-0.25, -0.2) is 10.1 Å². The van der Waals surface area contributed by atoms with Crippen molar-refractivity contribution in [1.82, 2.24) is 14.9 Å². The summed E-state index contributed by atoms with van der Waals surface area (Å²) in [5.74, 6) is 6.15. The molecule has 144 valence electrons. The Kier molecular flexibility index (Phi) is 6.90. The summed E-state index contributed by atoms with van der Waals surface area (Å²) in [6.07, 6.45) is 1.60. The maximum atomic E-state index is 12.1. The Labute approximate surface area is 178 Å². The second kappa shape index (κ2) is 9.58. The molecule has 1 aromatic heterocycles. The molecule has 8 nitrogen and oxygen atoms in total. The average molecular weight is 481 g/mol. The Hall–Kier alpha value is -2.56. The van der Waals surface area contributed by atoms with Gasteiger partial charge in [-0.05, 0) is 35.9 Å². The number of hydrazone groups is 1. The van der Waals surface area contributed by atoms with E-state index in [-0.39, 0.29) is 17.6 Å². The van der Waals surface area contributed by atoms with Crippen LogP contribution in [-0.4, -0.2) is 32.7 Å². The van der Waals surface area contributed by atoms with Crippen LogP contribution in [0.5, 0.6) is 0 Å². The van der Waals surface area contributed by atoms with Crippen LogP contribution in [0.4, 0.5) is 11.6 Å². The Morgan fingerprint density at radius 1 is 1.29 bits per heavy atom. The highest BCUT2D eigenvalue weighted by Crippen LogP contribution is 2.19. The van der Waals surface area contributed by atoms with E-state index >= 15 is 0 Å². The first-order valence-corrected chi connectivity index (χ1v) is 10.1. The zero-order valence-electron chi connectivity index (χ0n) is 14.3. The van der Waals surface area contributed by atoms with E-state index in [4.69, 9.17) is 17.4 Å². The fraction of sp³-hybridized carbons (Fsp3) is 0.0588. The first kappa shape index (κ1) is 20.2. The van der Waals surface area contributed by atoms with Crippen molar-refractivity contribution < 1.29 is 4.79 Å². The zero-order chi connectivity index (χ0) is 19.9. The predicted molar refractivity (Wildman–Crippen MR) is 116 cm³/mol. The molecule has 0 aliphatic heterocycles. The number of nitrogens with one attached hydrogen (secondary N) is 2. The SMILES string of the molecule is Nn1c(N/N=C/c2ccc(Cl)cc2)nnc1SCC(=O)Nc1cccc(Br)c1. The summed E-state index contributed by atoms with van der Waals surface area (Å²) in [5, 5.41) is 15.8. The standard InChI is InChI=1S/C17H15BrClN7OS/c18-12-2-1-3-14(8-12)22-15(27)10-28-17-25-24-16(26(17)20)23-21-9-11-4-6-13(19)7-5-11/h1-9H,10,20H2,(H,22,27)(H,23,24)/b21-9+. The van der Waals surface area contributed by atoms with Gasteiger partial charge in [-0.3, -0.25) is 4.79 Å². The third-order valence-corrected chi connectivity index (χ3v) is 5.04. The fourth-order valence-corrected chi connectivity index (χ4v) is 3.24. The number of benzene rings is 2. The summed E-state index contributed by atoms with van der Waals surface area (Å²) in [6.45, 7) is 0. The molecule has 4 N–H and O–H groups in total. The molecule has 0 fully saturated rings. The third-order valence-electron chi connectivity index (χ3n) is 3.35. The summed E-state index contributed by atoms with van der Waals surface area (Å²) in [7, 11) is 0. The van der Waals surface area contributed by atoms with Crippen LogP contribution in [0.1, 0.15) is 5.56 Å². The van der Waals surface area contributed by atoms with E-state index in [1.807, 2.05) is 30.3 Å². The molecule has 0 aliphatic rings. The lowest BCUT2D eigenvalue weighted by atomic mass is 10.2. The highest BCUT2D eigenvalue weighted by Gasteiger charge is 2.12. The smallest absolute Gasteiger partial charge is 0.264 e. The van der Waals surface area contributed by atoms with Crippen molar-refractivity contribution in [3.05, 3.63) is 63.6 Å². The summed E-state index contributed by atoms with van der Waals surface area (Å²) < 4.78 is 2.12. The number of hydrogen-bond donors (Lipinski definition) is 3. The van der Waals surface area contributed by atoms with Crippen LogP contribution in [-0.2, 0) is 4.79 Å².